The number of aryl methyl sites for hydroxylation is 1. The molecule has 0 spiro atoms. The molecule has 1 aromatic rings. The van der Waals surface area contributed by atoms with Gasteiger partial charge in [0.1, 0.15) is 12.0 Å². The van der Waals surface area contributed by atoms with Gasteiger partial charge in [0.15, 0.2) is 0 Å². The van der Waals surface area contributed by atoms with Crippen LogP contribution in [-0.4, -0.2) is 12.5 Å². The number of hydrogen-bond acceptors (Lipinski definition) is 3. The van der Waals surface area contributed by atoms with Crippen LogP contribution in [0, 0.1) is 24.2 Å². The van der Waals surface area contributed by atoms with E-state index < -0.39 is 0 Å². The van der Waals surface area contributed by atoms with Gasteiger partial charge < -0.3 is 9.73 Å². The van der Waals surface area contributed by atoms with Crippen molar-refractivity contribution in [1.82, 2.24) is 5.32 Å². The molecule has 1 atom stereocenters. The van der Waals surface area contributed by atoms with Gasteiger partial charge in [-0.1, -0.05) is 0 Å². The summed E-state index contributed by atoms with van der Waals surface area (Å²) in [4.78, 5) is 11.4. The molecule has 0 aliphatic heterocycles. The summed E-state index contributed by atoms with van der Waals surface area (Å²) in [5, 5.41) is 11.1. The van der Waals surface area contributed by atoms with Crippen LogP contribution < -0.4 is 5.32 Å². The average Bonchev–Trinajstić information content (AvgIpc) is 2.60. The molecule has 0 fully saturated rings. The van der Waals surface area contributed by atoms with Gasteiger partial charge in [-0.3, -0.25) is 4.79 Å². The van der Waals surface area contributed by atoms with Crippen molar-refractivity contribution >= 4 is 5.91 Å². The predicted molar refractivity (Wildman–Crippen MR) is 50.6 cm³/mol. The van der Waals surface area contributed by atoms with Crippen LogP contribution in [-0.2, 0) is 0 Å². The van der Waals surface area contributed by atoms with Crippen molar-refractivity contribution in [3.8, 4) is 6.07 Å². The van der Waals surface area contributed by atoms with Gasteiger partial charge in [-0.05, 0) is 19.9 Å². The molecule has 0 radical (unpaired) electrons. The molecule has 1 rings (SSSR count). The first-order valence-corrected chi connectivity index (χ1v) is 4.36. The average molecular weight is 192 g/mol. The van der Waals surface area contributed by atoms with Gasteiger partial charge in [0, 0.05) is 6.54 Å². The number of nitrogens with zero attached hydrogens (tertiary/aromatic N) is 1. The summed E-state index contributed by atoms with van der Waals surface area (Å²) in [5.41, 5.74) is 0.493. The maximum atomic E-state index is 11.4. The van der Waals surface area contributed by atoms with Crippen LogP contribution in [0.4, 0.5) is 0 Å². The van der Waals surface area contributed by atoms with Gasteiger partial charge in [0.05, 0.1) is 17.6 Å². The Morgan fingerprint density at radius 2 is 2.50 bits per heavy atom. The van der Waals surface area contributed by atoms with E-state index in [1.165, 1.54) is 6.26 Å². The van der Waals surface area contributed by atoms with Crippen LogP contribution in [0.15, 0.2) is 16.7 Å². The van der Waals surface area contributed by atoms with Gasteiger partial charge in [-0.2, -0.15) is 5.26 Å². The maximum Gasteiger partial charge on any atom is 0.254 e. The predicted octanol–water partition coefficient (Wildman–Crippen LogP) is 1.48. The van der Waals surface area contributed by atoms with Gasteiger partial charge in [-0.25, -0.2) is 0 Å². The number of nitriles is 1. The highest BCUT2D eigenvalue weighted by molar-refractivity contribution is 5.93. The summed E-state index contributed by atoms with van der Waals surface area (Å²) >= 11 is 0. The van der Waals surface area contributed by atoms with Crippen LogP contribution in [0.5, 0.6) is 0 Å². The Bertz CT molecular complexity index is 362. The molecule has 1 N–H and O–H groups in total. The molecule has 4 nitrogen and oxygen atoms in total. The number of rotatable bonds is 3. The van der Waals surface area contributed by atoms with E-state index in [-0.39, 0.29) is 11.8 Å². The zero-order chi connectivity index (χ0) is 10.6. The van der Waals surface area contributed by atoms with Crippen molar-refractivity contribution < 1.29 is 9.21 Å². The summed E-state index contributed by atoms with van der Waals surface area (Å²) in [6, 6.07) is 3.70. The third-order valence-corrected chi connectivity index (χ3v) is 1.78. The Kier molecular flexibility index (Phi) is 3.29. The fourth-order valence-corrected chi connectivity index (χ4v) is 0.956. The minimum Gasteiger partial charge on any atom is -0.469 e. The topological polar surface area (TPSA) is 66.0 Å². The molecule has 0 saturated heterocycles. The van der Waals surface area contributed by atoms with Crippen LogP contribution in [0.1, 0.15) is 23.0 Å². The Balaban J connectivity index is 2.48. The molecular formula is C10H12N2O2. The lowest BCUT2D eigenvalue weighted by molar-refractivity contribution is 0.0950. The van der Waals surface area contributed by atoms with Crippen LogP contribution in [0.3, 0.4) is 0 Å². The lowest BCUT2D eigenvalue weighted by atomic mass is 10.2. The maximum absolute atomic E-state index is 11.4. The van der Waals surface area contributed by atoms with Gasteiger partial charge >= 0.3 is 0 Å². The van der Waals surface area contributed by atoms with Crippen LogP contribution in [0.2, 0.25) is 0 Å². The molecule has 0 aliphatic carbocycles. The second kappa shape index (κ2) is 4.47. The number of furan rings is 1. The number of hydrogen-bond donors (Lipinski definition) is 1. The number of carbonyl (C=O) groups excluding carboxylic acids is 1. The van der Waals surface area contributed by atoms with E-state index in [1.807, 2.05) is 6.07 Å². The zero-order valence-corrected chi connectivity index (χ0v) is 8.20. The molecule has 0 bridgehead atoms. The van der Waals surface area contributed by atoms with Crippen molar-refractivity contribution in [1.29, 1.82) is 5.26 Å². The Labute approximate surface area is 82.5 Å². The molecular weight excluding hydrogens is 180 g/mol. The fourth-order valence-electron chi connectivity index (χ4n) is 0.956. The van der Waals surface area contributed by atoms with Crippen LogP contribution >= 0.6 is 0 Å². The number of carbonyl (C=O) groups is 1. The van der Waals surface area contributed by atoms with E-state index in [2.05, 4.69) is 5.32 Å². The molecule has 0 saturated carbocycles. The third-order valence-electron chi connectivity index (χ3n) is 1.78. The lowest BCUT2D eigenvalue weighted by Gasteiger charge is -2.03. The molecule has 1 unspecified atom stereocenters. The van der Waals surface area contributed by atoms with Gasteiger partial charge in [-0.15, -0.1) is 0 Å². The Morgan fingerprint density at radius 1 is 1.79 bits per heavy atom. The first kappa shape index (κ1) is 10.3. The normalized spacial score (nSPS) is 11.8. The Morgan fingerprint density at radius 3 is 3.00 bits per heavy atom. The smallest absolute Gasteiger partial charge is 0.254 e. The summed E-state index contributed by atoms with van der Waals surface area (Å²) in [6.45, 7) is 3.88. The minimum atomic E-state index is -0.205. The van der Waals surface area contributed by atoms with E-state index in [0.29, 0.717) is 17.9 Å². The standard InChI is InChI=1S/C10H12N2O2/c1-7(4-11)5-12-10(13)9-3-8(2)14-6-9/h3,6-7H,5H2,1-2H3,(H,12,13). The second-order valence-electron chi connectivity index (χ2n) is 3.19. The van der Waals surface area contributed by atoms with E-state index in [4.69, 9.17) is 9.68 Å². The SMILES string of the molecule is Cc1cc(C(=O)NCC(C)C#N)co1. The van der Waals surface area contributed by atoms with Crippen molar-refractivity contribution in [2.45, 2.75) is 13.8 Å². The van der Waals surface area contributed by atoms with Crippen LogP contribution in [0.25, 0.3) is 0 Å². The van der Waals surface area contributed by atoms with Crippen molar-refractivity contribution in [2.75, 3.05) is 6.54 Å². The molecule has 1 heterocycles. The quantitative estimate of drug-likeness (QED) is 0.788. The fraction of sp³-hybridized carbons (Fsp3) is 0.400. The second-order valence-corrected chi connectivity index (χ2v) is 3.19. The minimum absolute atomic E-state index is 0.174. The molecule has 1 aromatic heterocycles. The molecule has 0 aromatic carbocycles. The summed E-state index contributed by atoms with van der Waals surface area (Å²) in [6.07, 6.45) is 1.40. The molecule has 0 aliphatic rings. The lowest BCUT2D eigenvalue weighted by Crippen LogP contribution is -2.27. The molecule has 1 amide bonds. The Hall–Kier alpha value is -1.76. The highest BCUT2D eigenvalue weighted by Gasteiger charge is 2.09. The molecule has 74 valence electrons. The molecule has 14 heavy (non-hydrogen) atoms. The molecule has 4 heteroatoms. The third kappa shape index (κ3) is 2.63. The van der Waals surface area contributed by atoms with Gasteiger partial charge in [0.2, 0.25) is 0 Å². The van der Waals surface area contributed by atoms with E-state index in [9.17, 15) is 4.79 Å². The van der Waals surface area contributed by atoms with Crippen molar-refractivity contribution in [2.24, 2.45) is 5.92 Å². The highest BCUT2D eigenvalue weighted by atomic mass is 16.3. The highest BCUT2D eigenvalue weighted by Crippen LogP contribution is 2.05. The summed E-state index contributed by atoms with van der Waals surface area (Å²) in [7, 11) is 0. The van der Waals surface area contributed by atoms with Crippen molar-refractivity contribution in [3.63, 3.8) is 0 Å². The summed E-state index contributed by atoms with van der Waals surface area (Å²) in [5.74, 6) is 0.319. The first-order valence-electron chi connectivity index (χ1n) is 4.36. The largest absolute Gasteiger partial charge is 0.469 e. The summed E-state index contributed by atoms with van der Waals surface area (Å²) < 4.78 is 4.99. The van der Waals surface area contributed by atoms with Crippen molar-refractivity contribution in [3.05, 3.63) is 23.7 Å². The van der Waals surface area contributed by atoms with E-state index in [1.54, 1.807) is 19.9 Å². The number of nitrogens with one attached hydrogen (secondary N) is 1. The number of amides is 1. The monoisotopic (exact) mass is 192 g/mol. The van der Waals surface area contributed by atoms with E-state index in [0.717, 1.165) is 0 Å². The zero-order valence-electron chi connectivity index (χ0n) is 8.20. The van der Waals surface area contributed by atoms with Gasteiger partial charge in [0.25, 0.3) is 5.91 Å². The first-order chi connectivity index (χ1) is 6.63. The van der Waals surface area contributed by atoms with E-state index >= 15 is 0 Å².